The molecule has 0 bridgehead atoms. The first kappa shape index (κ1) is 18.8. The van der Waals surface area contributed by atoms with Crippen LogP contribution in [-0.2, 0) is 4.79 Å². The zero-order chi connectivity index (χ0) is 16.2. The Morgan fingerprint density at radius 2 is 1.91 bits per heavy atom. The Balaban J connectivity index is 2.05. The van der Waals surface area contributed by atoms with Gasteiger partial charge in [-0.3, -0.25) is 9.79 Å². The summed E-state index contributed by atoms with van der Waals surface area (Å²) in [7, 11) is 1.77. The fourth-order valence-corrected chi connectivity index (χ4v) is 2.86. The lowest BCUT2D eigenvalue weighted by molar-refractivity contribution is -0.121. The second kappa shape index (κ2) is 11.3. The summed E-state index contributed by atoms with van der Waals surface area (Å²) in [5.74, 6) is 1.84. The number of nitrogens with zero attached hydrogens (tertiary/aromatic N) is 1. The van der Waals surface area contributed by atoms with Gasteiger partial charge in [-0.05, 0) is 32.1 Å². The van der Waals surface area contributed by atoms with Crippen molar-refractivity contribution in [1.82, 2.24) is 16.0 Å². The Kier molecular flexibility index (Phi) is 9.67. The van der Waals surface area contributed by atoms with Crippen molar-refractivity contribution in [2.24, 2.45) is 10.9 Å². The van der Waals surface area contributed by atoms with E-state index in [0.717, 1.165) is 24.8 Å². The number of amides is 1. The van der Waals surface area contributed by atoms with E-state index < -0.39 is 0 Å². The summed E-state index contributed by atoms with van der Waals surface area (Å²) in [4.78, 5) is 15.9. The highest BCUT2D eigenvalue weighted by Crippen LogP contribution is 2.28. The van der Waals surface area contributed by atoms with E-state index in [2.05, 4.69) is 27.9 Å². The number of hydrogen-bond donors (Lipinski definition) is 3. The predicted molar refractivity (Wildman–Crippen MR) is 93.1 cm³/mol. The number of aliphatic imine (C=N–C) groups is 1. The topological polar surface area (TPSA) is 65.5 Å². The van der Waals surface area contributed by atoms with Gasteiger partial charge < -0.3 is 16.0 Å². The molecule has 1 atom stereocenters. The molecule has 1 aliphatic carbocycles. The van der Waals surface area contributed by atoms with E-state index in [4.69, 9.17) is 0 Å². The minimum Gasteiger partial charge on any atom is -0.356 e. The molecule has 1 saturated carbocycles. The van der Waals surface area contributed by atoms with Gasteiger partial charge in [-0.25, -0.2) is 0 Å². The fourth-order valence-electron chi connectivity index (χ4n) is 2.86. The van der Waals surface area contributed by atoms with Crippen molar-refractivity contribution < 1.29 is 4.79 Å². The molecule has 1 fully saturated rings. The van der Waals surface area contributed by atoms with E-state index in [1.807, 2.05) is 6.92 Å². The van der Waals surface area contributed by atoms with Crippen molar-refractivity contribution in [2.75, 3.05) is 20.1 Å². The van der Waals surface area contributed by atoms with Crippen molar-refractivity contribution in [3.8, 4) is 0 Å². The van der Waals surface area contributed by atoms with Gasteiger partial charge in [-0.2, -0.15) is 0 Å². The molecule has 0 radical (unpaired) electrons. The third-order valence-corrected chi connectivity index (χ3v) is 4.44. The number of hydrogen-bond acceptors (Lipinski definition) is 2. The Bertz CT molecular complexity index is 338. The highest BCUT2D eigenvalue weighted by atomic mass is 16.1. The quantitative estimate of drug-likeness (QED) is 0.348. The molecular formula is C17H34N4O. The van der Waals surface area contributed by atoms with Crippen LogP contribution in [0.3, 0.4) is 0 Å². The summed E-state index contributed by atoms with van der Waals surface area (Å²) in [6.45, 7) is 5.66. The monoisotopic (exact) mass is 310 g/mol. The van der Waals surface area contributed by atoms with Crippen LogP contribution < -0.4 is 16.0 Å². The lowest BCUT2D eigenvalue weighted by Gasteiger charge is -2.14. The average molecular weight is 310 g/mol. The van der Waals surface area contributed by atoms with Crippen molar-refractivity contribution in [3.63, 3.8) is 0 Å². The van der Waals surface area contributed by atoms with Gasteiger partial charge in [0.25, 0.3) is 0 Å². The van der Waals surface area contributed by atoms with Gasteiger partial charge in [-0.15, -0.1) is 0 Å². The minimum atomic E-state index is 0.0959. The first-order chi connectivity index (χ1) is 10.7. The van der Waals surface area contributed by atoms with E-state index in [-0.39, 0.29) is 11.9 Å². The van der Waals surface area contributed by atoms with Gasteiger partial charge in [0, 0.05) is 32.6 Å². The zero-order valence-electron chi connectivity index (χ0n) is 14.6. The summed E-state index contributed by atoms with van der Waals surface area (Å²) >= 11 is 0. The Labute approximate surface area is 135 Å². The van der Waals surface area contributed by atoms with Gasteiger partial charge in [0.05, 0.1) is 0 Å². The third-order valence-electron chi connectivity index (χ3n) is 4.44. The van der Waals surface area contributed by atoms with E-state index in [1.54, 1.807) is 7.05 Å². The van der Waals surface area contributed by atoms with Gasteiger partial charge in [-0.1, -0.05) is 32.6 Å². The maximum absolute atomic E-state index is 11.7. The second-order valence-electron chi connectivity index (χ2n) is 6.35. The van der Waals surface area contributed by atoms with Gasteiger partial charge in [0.2, 0.25) is 5.91 Å². The summed E-state index contributed by atoms with van der Waals surface area (Å²) in [6.07, 6.45) is 9.62. The highest BCUT2D eigenvalue weighted by molar-refractivity contribution is 5.81. The molecule has 22 heavy (non-hydrogen) atoms. The lowest BCUT2D eigenvalue weighted by atomic mass is 10.0. The van der Waals surface area contributed by atoms with Crippen LogP contribution in [0.5, 0.6) is 0 Å². The lowest BCUT2D eigenvalue weighted by Crippen LogP contribution is -2.40. The van der Waals surface area contributed by atoms with E-state index in [1.165, 1.54) is 38.5 Å². The smallest absolute Gasteiger partial charge is 0.221 e. The van der Waals surface area contributed by atoms with Crippen LogP contribution in [-0.4, -0.2) is 38.0 Å². The van der Waals surface area contributed by atoms with E-state index in [0.29, 0.717) is 13.0 Å². The Morgan fingerprint density at radius 3 is 2.55 bits per heavy atom. The molecule has 0 saturated heterocycles. The number of guanidine groups is 1. The van der Waals surface area contributed by atoms with Crippen molar-refractivity contribution in [3.05, 3.63) is 0 Å². The number of rotatable bonds is 9. The fraction of sp³-hybridized carbons (Fsp3) is 0.882. The summed E-state index contributed by atoms with van der Waals surface area (Å²) in [5, 5.41) is 9.49. The van der Waals surface area contributed by atoms with Crippen LogP contribution in [0.4, 0.5) is 0 Å². The second-order valence-corrected chi connectivity index (χ2v) is 6.35. The molecule has 1 aliphatic rings. The summed E-state index contributed by atoms with van der Waals surface area (Å²) in [5.41, 5.74) is 0. The van der Waals surface area contributed by atoms with Crippen molar-refractivity contribution in [1.29, 1.82) is 0 Å². The van der Waals surface area contributed by atoms with E-state index >= 15 is 0 Å². The molecule has 1 unspecified atom stereocenters. The molecule has 0 aromatic rings. The maximum Gasteiger partial charge on any atom is 0.221 e. The molecule has 0 aromatic heterocycles. The molecule has 0 spiro atoms. The molecule has 1 rings (SSSR count). The SMILES string of the molecule is CCC(C)NC(=O)CCNC(=NC)NCCCC1CCCC1. The minimum absolute atomic E-state index is 0.0959. The molecule has 0 aliphatic heterocycles. The first-order valence-corrected chi connectivity index (χ1v) is 8.89. The molecule has 0 heterocycles. The number of carbonyl (C=O) groups is 1. The van der Waals surface area contributed by atoms with E-state index in [9.17, 15) is 4.79 Å². The average Bonchev–Trinajstić information content (AvgIpc) is 3.02. The Morgan fingerprint density at radius 1 is 1.23 bits per heavy atom. The molecular weight excluding hydrogens is 276 g/mol. The molecule has 5 nitrogen and oxygen atoms in total. The molecule has 0 aromatic carbocycles. The summed E-state index contributed by atoms with van der Waals surface area (Å²) < 4.78 is 0. The van der Waals surface area contributed by atoms with Gasteiger partial charge in [0.15, 0.2) is 5.96 Å². The van der Waals surface area contributed by atoms with Crippen LogP contribution in [0.25, 0.3) is 0 Å². The molecule has 1 amide bonds. The van der Waals surface area contributed by atoms with Crippen LogP contribution in [0, 0.1) is 5.92 Å². The van der Waals surface area contributed by atoms with Gasteiger partial charge >= 0.3 is 0 Å². The predicted octanol–water partition coefficient (Wildman–Crippen LogP) is 2.43. The molecule has 128 valence electrons. The van der Waals surface area contributed by atoms with Crippen LogP contribution in [0.15, 0.2) is 4.99 Å². The number of carbonyl (C=O) groups excluding carboxylic acids is 1. The van der Waals surface area contributed by atoms with Crippen LogP contribution in [0.2, 0.25) is 0 Å². The van der Waals surface area contributed by atoms with Crippen molar-refractivity contribution >= 4 is 11.9 Å². The molecule has 3 N–H and O–H groups in total. The van der Waals surface area contributed by atoms with Gasteiger partial charge in [0.1, 0.15) is 0 Å². The first-order valence-electron chi connectivity index (χ1n) is 8.89. The van der Waals surface area contributed by atoms with Crippen molar-refractivity contribution in [2.45, 2.75) is 71.3 Å². The highest BCUT2D eigenvalue weighted by Gasteiger charge is 2.14. The zero-order valence-corrected chi connectivity index (χ0v) is 14.6. The maximum atomic E-state index is 11.7. The van der Waals surface area contributed by atoms with Crippen LogP contribution >= 0.6 is 0 Å². The normalized spacial score (nSPS) is 17.3. The Hall–Kier alpha value is -1.26. The largest absolute Gasteiger partial charge is 0.356 e. The third kappa shape index (κ3) is 8.25. The standard InChI is InChI=1S/C17H34N4O/c1-4-14(2)21-16(22)11-13-20-17(18-3)19-12-7-10-15-8-5-6-9-15/h14-15H,4-13H2,1-3H3,(H,21,22)(H2,18,19,20). The molecule has 5 heteroatoms. The summed E-state index contributed by atoms with van der Waals surface area (Å²) in [6, 6.07) is 0.250. The van der Waals surface area contributed by atoms with Crippen LogP contribution in [0.1, 0.15) is 65.2 Å². The number of nitrogens with one attached hydrogen (secondary N) is 3.